The lowest BCUT2D eigenvalue weighted by molar-refractivity contribution is 0.0527. The van der Waals surface area contributed by atoms with Gasteiger partial charge in [0.25, 0.3) is 0 Å². The Morgan fingerprint density at radius 2 is 2.07 bits per heavy atom. The van der Waals surface area contributed by atoms with Crippen molar-refractivity contribution in [2.24, 2.45) is 0 Å². The molecule has 0 aromatic carbocycles. The molecule has 0 heterocycles. The molecule has 0 rings (SSSR count). The van der Waals surface area contributed by atoms with Crippen molar-refractivity contribution in [3.05, 3.63) is 6.42 Å². The highest BCUT2D eigenvalue weighted by molar-refractivity contribution is 5.67. The van der Waals surface area contributed by atoms with Crippen LogP contribution >= 0.6 is 0 Å². The molecule has 1 N–H and O–H groups in total. The molecule has 0 atom stereocenters. The van der Waals surface area contributed by atoms with E-state index in [2.05, 4.69) is 18.7 Å². The second kappa shape index (κ2) is 6.68. The number of hydrogen-bond acceptors (Lipinski definition) is 2. The number of ether oxygens (including phenoxy) is 1. The minimum atomic E-state index is -0.403. The van der Waals surface area contributed by atoms with Crippen molar-refractivity contribution in [2.45, 2.75) is 52.6 Å². The highest BCUT2D eigenvalue weighted by atomic mass is 16.6. The molecule has 0 saturated heterocycles. The molecule has 3 nitrogen and oxygen atoms in total. The molecule has 0 aliphatic carbocycles. The molecule has 3 heteroatoms. The third-order valence-corrected chi connectivity index (χ3v) is 1.54. The first-order chi connectivity index (χ1) is 6.45. The Bertz CT molecular complexity index is 161. The molecule has 1 amide bonds. The summed E-state index contributed by atoms with van der Waals surface area (Å²) in [6.07, 6.45) is 5.00. The number of unbranched alkanes of at least 4 members (excludes halogenated alkanes) is 3. The number of alkyl carbamates (subject to hydrolysis) is 1. The monoisotopic (exact) mass is 200 g/mol. The number of hydrogen-bond donors (Lipinski definition) is 1. The summed E-state index contributed by atoms with van der Waals surface area (Å²) < 4.78 is 5.08. The third-order valence-electron chi connectivity index (χ3n) is 1.54. The second-order valence-electron chi connectivity index (χ2n) is 4.27. The Balaban J connectivity index is 3.36. The smallest absolute Gasteiger partial charge is 0.407 e. The van der Waals surface area contributed by atoms with E-state index in [1.807, 2.05) is 20.8 Å². The fourth-order valence-electron chi connectivity index (χ4n) is 0.955. The van der Waals surface area contributed by atoms with E-state index in [0.29, 0.717) is 6.54 Å². The van der Waals surface area contributed by atoms with Crippen LogP contribution < -0.4 is 5.32 Å². The van der Waals surface area contributed by atoms with Crippen LogP contribution in [0, 0.1) is 6.42 Å². The van der Waals surface area contributed by atoms with Crippen LogP contribution in [-0.4, -0.2) is 18.2 Å². The van der Waals surface area contributed by atoms with E-state index >= 15 is 0 Å². The van der Waals surface area contributed by atoms with Gasteiger partial charge in [-0.3, -0.25) is 0 Å². The van der Waals surface area contributed by atoms with Gasteiger partial charge < -0.3 is 10.1 Å². The zero-order chi connectivity index (χ0) is 11.0. The van der Waals surface area contributed by atoms with E-state index in [0.717, 1.165) is 19.3 Å². The van der Waals surface area contributed by atoms with Gasteiger partial charge in [-0.15, -0.1) is 0 Å². The molecule has 0 bridgehead atoms. The first-order valence-electron chi connectivity index (χ1n) is 5.24. The van der Waals surface area contributed by atoms with E-state index in [1.54, 1.807) is 0 Å². The van der Waals surface area contributed by atoms with Gasteiger partial charge in [0.15, 0.2) is 0 Å². The topological polar surface area (TPSA) is 38.3 Å². The van der Waals surface area contributed by atoms with Crippen LogP contribution in [0.4, 0.5) is 4.79 Å². The van der Waals surface area contributed by atoms with Crippen LogP contribution in [0.25, 0.3) is 0 Å². The lowest BCUT2D eigenvalue weighted by Gasteiger charge is -2.19. The molecule has 0 aromatic heterocycles. The number of carbonyl (C=O) groups excluding carboxylic acids is 1. The fourth-order valence-corrected chi connectivity index (χ4v) is 0.955. The molecular formula is C11H22NO2. The van der Waals surface area contributed by atoms with Gasteiger partial charge in [0.1, 0.15) is 5.60 Å². The molecule has 1 radical (unpaired) electrons. The number of rotatable bonds is 5. The molecular weight excluding hydrogens is 178 g/mol. The fraction of sp³-hybridized carbons (Fsp3) is 0.818. The SMILES string of the molecule is CC[CH]CCCNC(=O)OC(C)(C)C. The van der Waals surface area contributed by atoms with Gasteiger partial charge in [0, 0.05) is 6.54 Å². The first-order valence-corrected chi connectivity index (χ1v) is 5.24. The molecule has 0 unspecified atom stereocenters. The predicted octanol–water partition coefficient (Wildman–Crippen LogP) is 2.91. The lowest BCUT2D eigenvalue weighted by Crippen LogP contribution is -2.32. The van der Waals surface area contributed by atoms with Crippen molar-refractivity contribution in [2.75, 3.05) is 6.54 Å². The summed E-state index contributed by atoms with van der Waals surface area (Å²) in [4.78, 5) is 11.1. The summed E-state index contributed by atoms with van der Waals surface area (Å²) >= 11 is 0. The number of amides is 1. The van der Waals surface area contributed by atoms with Crippen molar-refractivity contribution in [1.29, 1.82) is 0 Å². The van der Waals surface area contributed by atoms with E-state index in [4.69, 9.17) is 4.74 Å². The Morgan fingerprint density at radius 3 is 2.57 bits per heavy atom. The molecule has 0 saturated carbocycles. The van der Waals surface area contributed by atoms with Gasteiger partial charge in [-0.05, 0) is 40.0 Å². The normalized spacial score (nSPS) is 11.1. The Morgan fingerprint density at radius 1 is 1.43 bits per heavy atom. The van der Waals surface area contributed by atoms with E-state index in [-0.39, 0.29) is 6.09 Å². The molecule has 0 aliphatic heterocycles. The van der Waals surface area contributed by atoms with Gasteiger partial charge in [-0.1, -0.05) is 13.3 Å². The Kier molecular flexibility index (Phi) is 6.34. The summed E-state index contributed by atoms with van der Waals surface area (Å²) in [6, 6.07) is 0. The van der Waals surface area contributed by atoms with Crippen molar-refractivity contribution in [3.8, 4) is 0 Å². The molecule has 0 fully saturated rings. The highest BCUT2D eigenvalue weighted by Gasteiger charge is 2.15. The van der Waals surface area contributed by atoms with Gasteiger partial charge in [0.2, 0.25) is 0 Å². The van der Waals surface area contributed by atoms with Crippen molar-refractivity contribution >= 4 is 6.09 Å². The van der Waals surface area contributed by atoms with Crippen molar-refractivity contribution in [1.82, 2.24) is 5.32 Å². The van der Waals surface area contributed by atoms with Gasteiger partial charge in [-0.25, -0.2) is 4.79 Å². The van der Waals surface area contributed by atoms with Gasteiger partial charge >= 0.3 is 6.09 Å². The second-order valence-corrected chi connectivity index (χ2v) is 4.27. The van der Waals surface area contributed by atoms with Gasteiger partial charge in [-0.2, -0.15) is 0 Å². The van der Waals surface area contributed by atoms with Crippen LogP contribution in [0.1, 0.15) is 47.0 Å². The van der Waals surface area contributed by atoms with Gasteiger partial charge in [0.05, 0.1) is 0 Å². The standard InChI is InChI=1S/C11H22NO2/c1-5-6-7-8-9-12-10(13)14-11(2,3)4/h6H,5,7-9H2,1-4H3,(H,12,13). The Labute approximate surface area is 87.2 Å². The summed E-state index contributed by atoms with van der Waals surface area (Å²) in [7, 11) is 0. The number of nitrogens with one attached hydrogen (secondary N) is 1. The summed E-state index contributed by atoms with van der Waals surface area (Å²) in [5, 5.41) is 2.72. The van der Waals surface area contributed by atoms with E-state index in [9.17, 15) is 4.79 Å². The lowest BCUT2D eigenvalue weighted by atomic mass is 10.2. The van der Waals surface area contributed by atoms with Crippen LogP contribution in [0.3, 0.4) is 0 Å². The third kappa shape index (κ3) is 9.36. The average molecular weight is 200 g/mol. The number of carbonyl (C=O) groups is 1. The summed E-state index contributed by atoms with van der Waals surface area (Å²) in [6.45, 7) is 8.37. The highest BCUT2D eigenvalue weighted by Crippen LogP contribution is 2.06. The molecule has 0 spiro atoms. The predicted molar refractivity (Wildman–Crippen MR) is 58.1 cm³/mol. The first kappa shape index (κ1) is 13.3. The summed E-state index contributed by atoms with van der Waals surface area (Å²) in [5.74, 6) is 0. The van der Waals surface area contributed by atoms with Crippen LogP contribution in [-0.2, 0) is 4.74 Å². The minimum absolute atomic E-state index is 0.325. The maximum atomic E-state index is 11.1. The summed E-state index contributed by atoms with van der Waals surface area (Å²) in [5.41, 5.74) is -0.403. The molecule has 83 valence electrons. The zero-order valence-corrected chi connectivity index (χ0v) is 9.72. The van der Waals surface area contributed by atoms with E-state index in [1.165, 1.54) is 0 Å². The maximum Gasteiger partial charge on any atom is 0.407 e. The average Bonchev–Trinajstić information content (AvgIpc) is 2.00. The van der Waals surface area contributed by atoms with E-state index < -0.39 is 5.60 Å². The van der Waals surface area contributed by atoms with Crippen molar-refractivity contribution in [3.63, 3.8) is 0 Å². The van der Waals surface area contributed by atoms with Crippen LogP contribution in [0.15, 0.2) is 0 Å². The maximum absolute atomic E-state index is 11.1. The molecule has 14 heavy (non-hydrogen) atoms. The van der Waals surface area contributed by atoms with Crippen molar-refractivity contribution < 1.29 is 9.53 Å². The zero-order valence-electron chi connectivity index (χ0n) is 9.72. The minimum Gasteiger partial charge on any atom is -0.444 e. The largest absolute Gasteiger partial charge is 0.444 e. The molecule has 0 aromatic rings. The van der Waals surface area contributed by atoms with Crippen LogP contribution in [0.2, 0.25) is 0 Å². The quantitative estimate of drug-likeness (QED) is 0.693. The van der Waals surface area contributed by atoms with Crippen LogP contribution in [0.5, 0.6) is 0 Å². The molecule has 0 aliphatic rings. The Hall–Kier alpha value is -0.730.